The summed E-state index contributed by atoms with van der Waals surface area (Å²) in [6.45, 7) is 0.710. The van der Waals surface area contributed by atoms with E-state index in [-0.39, 0.29) is 18.4 Å². The summed E-state index contributed by atoms with van der Waals surface area (Å²) in [4.78, 5) is 27.0. The number of benzene rings is 3. The van der Waals surface area contributed by atoms with Gasteiger partial charge < -0.3 is 15.0 Å². The molecule has 0 saturated carbocycles. The van der Waals surface area contributed by atoms with Crippen LogP contribution in [0.2, 0.25) is 0 Å². The van der Waals surface area contributed by atoms with E-state index < -0.39 is 0 Å². The first-order chi connectivity index (χ1) is 13.7. The van der Waals surface area contributed by atoms with Gasteiger partial charge in [-0.1, -0.05) is 42.5 Å². The predicted octanol–water partition coefficient (Wildman–Crippen LogP) is 4.02. The molecule has 4 rings (SSSR count). The number of ether oxygens (including phenoxy) is 1. The van der Waals surface area contributed by atoms with E-state index in [0.29, 0.717) is 17.8 Å². The van der Waals surface area contributed by atoms with Crippen LogP contribution in [-0.4, -0.2) is 32.1 Å². The molecule has 0 unspecified atom stereocenters. The Labute approximate surface area is 163 Å². The SMILES string of the molecule is COCC(=O)N1CCCc2ccc(NC(=O)c3cccc4ccccc34)cc21. The van der Waals surface area contributed by atoms with Gasteiger partial charge >= 0.3 is 0 Å². The van der Waals surface area contributed by atoms with Crippen molar-refractivity contribution in [3.8, 4) is 0 Å². The number of fused-ring (bicyclic) bond motifs is 2. The lowest BCUT2D eigenvalue weighted by molar-refractivity contribution is -0.122. The van der Waals surface area contributed by atoms with Crippen LogP contribution in [0.15, 0.2) is 60.7 Å². The molecule has 3 aromatic rings. The molecule has 5 heteroatoms. The molecule has 0 bridgehead atoms. The molecule has 0 aromatic heterocycles. The van der Waals surface area contributed by atoms with Gasteiger partial charge in [-0.25, -0.2) is 0 Å². The monoisotopic (exact) mass is 374 g/mol. The maximum Gasteiger partial charge on any atom is 0.256 e. The lowest BCUT2D eigenvalue weighted by atomic mass is 10.0. The number of anilines is 2. The van der Waals surface area contributed by atoms with Gasteiger partial charge in [-0.2, -0.15) is 0 Å². The van der Waals surface area contributed by atoms with Crippen LogP contribution < -0.4 is 10.2 Å². The zero-order valence-electron chi connectivity index (χ0n) is 15.8. The van der Waals surface area contributed by atoms with Crippen LogP contribution >= 0.6 is 0 Å². The van der Waals surface area contributed by atoms with Crippen LogP contribution in [0.5, 0.6) is 0 Å². The van der Waals surface area contributed by atoms with Crippen molar-refractivity contribution in [3.63, 3.8) is 0 Å². The third kappa shape index (κ3) is 3.49. The minimum atomic E-state index is -0.165. The van der Waals surface area contributed by atoms with E-state index in [1.807, 2.05) is 60.7 Å². The average molecular weight is 374 g/mol. The number of hydrogen-bond acceptors (Lipinski definition) is 3. The van der Waals surface area contributed by atoms with Gasteiger partial charge in [0.1, 0.15) is 6.61 Å². The fourth-order valence-electron chi connectivity index (χ4n) is 3.73. The zero-order valence-corrected chi connectivity index (χ0v) is 15.8. The van der Waals surface area contributed by atoms with Crippen LogP contribution in [0, 0.1) is 0 Å². The van der Waals surface area contributed by atoms with Gasteiger partial charge in [-0.05, 0) is 47.4 Å². The highest BCUT2D eigenvalue weighted by Gasteiger charge is 2.23. The number of hydrogen-bond donors (Lipinski definition) is 1. The first kappa shape index (κ1) is 18.2. The summed E-state index contributed by atoms with van der Waals surface area (Å²) >= 11 is 0. The number of methoxy groups -OCH3 is 1. The van der Waals surface area contributed by atoms with Gasteiger partial charge in [0.2, 0.25) is 0 Å². The largest absolute Gasteiger partial charge is 0.375 e. The fraction of sp³-hybridized carbons (Fsp3) is 0.217. The highest BCUT2D eigenvalue weighted by molar-refractivity contribution is 6.13. The molecule has 142 valence electrons. The smallest absolute Gasteiger partial charge is 0.256 e. The summed E-state index contributed by atoms with van der Waals surface area (Å²) < 4.78 is 5.00. The van der Waals surface area contributed by atoms with Crippen molar-refractivity contribution in [1.29, 1.82) is 0 Å². The van der Waals surface area contributed by atoms with E-state index in [0.717, 1.165) is 34.9 Å². The normalized spacial score (nSPS) is 13.2. The van der Waals surface area contributed by atoms with Gasteiger partial charge in [-0.3, -0.25) is 9.59 Å². The standard InChI is InChI=1S/C23H22N2O3/c1-28-15-22(26)25-13-5-8-17-11-12-18(14-21(17)25)24-23(27)20-10-4-7-16-6-2-3-9-19(16)20/h2-4,6-7,9-12,14H,5,8,13,15H2,1H3,(H,24,27). The molecule has 0 spiro atoms. The number of aryl methyl sites for hydroxylation is 1. The molecule has 3 aromatic carbocycles. The number of nitrogens with one attached hydrogen (secondary N) is 1. The maximum absolute atomic E-state index is 12.9. The lowest BCUT2D eigenvalue weighted by Gasteiger charge is -2.30. The van der Waals surface area contributed by atoms with Crippen LogP contribution in [0.3, 0.4) is 0 Å². The summed E-state index contributed by atoms with van der Waals surface area (Å²) in [7, 11) is 1.52. The van der Waals surface area contributed by atoms with E-state index in [1.165, 1.54) is 7.11 Å². The van der Waals surface area contributed by atoms with Gasteiger partial charge in [-0.15, -0.1) is 0 Å². The molecule has 0 radical (unpaired) electrons. The number of rotatable bonds is 4. The second kappa shape index (κ2) is 7.82. The van der Waals surface area contributed by atoms with E-state index in [1.54, 1.807) is 4.90 Å². The van der Waals surface area contributed by atoms with Crippen LogP contribution in [-0.2, 0) is 16.0 Å². The molecular weight excluding hydrogens is 352 g/mol. The summed E-state index contributed by atoms with van der Waals surface area (Å²) in [5.41, 5.74) is 3.26. The van der Waals surface area contributed by atoms with Gasteiger partial charge in [0, 0.05) is 30.6 Å². The van der Waals surface area contributed by atoms with Gasteiger partial charge in [0.25, 0.3) is 11.8 Å². The molecule has 0 saturated heterocycles. The molecule has 1 aliphatic rings. The quantitative estimate of drug-likeness (QED) is 0.750. The van der Waals surface area contributed by atoms with Crippen LogP contribution in [0.1, 0.15) is 22.3 Å². The lowest BCUT2D eigenvalue weighted by Crippen LogP contribution is -2.37. The van der Waals surface area contributed by atoms with Crippen molar-refractivity contribution < 1.29 is 14.3 Å². The molecule has 0 atom stereocenters. The zero-order chi connectivity index (χ0) is 19.5. The summed E-state index contributed by atoms with van der Waals surface area (Å²) in [5.74, 6) is -0.233. The van der Waals surface area contributed by atoms with Crippen LogP contribution in [0.25, 0.3) is 10.8 Å². The van der Waals surface area contributed by atoms with E-state index in [2.05, 4.69) is 5.32 Å². The predicted molar refractivity (Wildman–Crippen MR) is 111 cm³/mol. The summed E-state index contributed by atoms with van der Waals surface area (Å²) in [6.07, 6.45) is 1.84. The molecular formula is C23H22N2O3. The Kier molecular flexibility index (Phi) is 5.08. The van der Waals surface area contributed by atoms with Crippen molar-refractivity contribution in [3.05, 3.63) is 71.8 Å². The van der Waals surface area contributed by atoms with Crippen molar-refractivity contribution >= 4 is 34.0 Å². The Bertz CT molecular complexity index is 1040. The first-order valence-electron chi connectivity index (χ1n) is 9.39. The second-order valence-corrected chi connectivity index (χ2v) is 6.91. The van der Waals surface area contributed by atoms with Crippen molar-refractivity contribution in [2.24, 2.45) is 0 Å². The van der Waals surface area contributed by atoms with E-state index in [9.17, 15) is 9.59 Å². The fourth-order valence-corrected chi connectivity index (χ4v) is 3.73. The third-order valence-electron chi connectivity index (χ3n) is 5.06. The molecule has 1 N–H and O–H groups in total. The number of carbonyl (C=O) groups is 2. The molecule has 28 heavy (non-hydrogen) atoms. The van der Waals surface area contributed by atoms with Gasteiger partial charge in [0.05, 0.1) is 0 Å². The topological polar surface area (TPSA) is 58.6 Å². The minimum absolute atomic E-state index is 0.0477. The maximum atomic E-state index is 12.9. The molecule has 2 amide bonds. The molecule has 1 aliphatic heterocycles. The number of carbonyl (C=O) groups excluding carboxylic acids is 2. The van der Waals surface area contributed by atoms with Crippen LogP contribution in [0.4, 0.5) is 11.4 Å². The van der Waals surface area contributed by atoms with E-state index >= 15 is 0 Å². The van der Waals surface area contributed by atoms with Crippen molar-refractivity contribution in [1.82, 2.24) is 0 Å². The first-order valence-corrected chi connectivity index (χ1v) is 9.39. The molecule has 0 fully saturated rings. The Hall–Kier alpha value is -3.18. The van der Waals surface area contributed by atoms with Crippen molar-refractivity contribution in [2.45, 2.75) is 12.8 Å². The number of amides is 2. The van der Waals surface area contributed by atoms with E-state index in [4.69, 9.17) is 4.74 Å². The Morgan fingerprint density at radius 1 is 1.07 bits per heavy atom. The molecule has 5 nitrogen and oxygen atoms in total. The number of nitrogens with zero attached hydrogens (tertiary/aromatic N) is 1. The highest BCUT2D eigenvalue weighted by Crippen LogP contribution is 2.30. The average Bonchev–Trinajstić information content (AvgIpc) is 2.73. The molecule has 1 heterocycles. The Morgan fingerprint density at radius 3 is 2.75 bits per heavy atom. The molecule has 0 aliphatic carbocycles. The third-order valence-corrected chi connectivity index (χ3v) is 5.06. The summed E-state index contributed by atoms with van der Waals surface area (Å²) in [6, 6.07) is 19.3. The Balaban J connectivity index is 1.63. The minimum Gasteiger partial charge on any atom is -0.375 e. The van der Waals surface area contributed by atoms with Crippen molar-refractivity contribution in [2.75, 3.05) is 30.5 Å². The highest BCUT2D eigenvalue weighted by atomic mass is 16.5. The Morgan fingerprint density at radius 2 is 1.89 bits per heavy atom. The summed E-state index contributed by atoms with van der Waals surface area (Å²) in [5, 5.41) is 4.92. The van der Waals surface area contributed by atoms with Gasteiger partial charge in [0.15, 0.2) is 0 Å². The second-order valence-electron chi connectivity index (χ2n) is 6.91.